The Morgan fingerprint density at radius 2 is 1.87 bits per heavy atom. The molecule has 3 heteroatoms. The first-order valence-corrected chi connectivity index (χ1v) is 5.84. The molecule has 0 aliphatic heterocycles. The molecule has 0 spiro atoms. The maximum Gasteiger partial charge on any atom is 0.124 e. The molecule has 1 heterocycles. The molecule has 84 valence electrons. The highest BCUT2D eigenvalue weighted by Crippen LogP contribution is 2.40. The molecule has 1 fully saturated rings. The second kappa shape index (κ2) is 3.54. The minimum absolute atomic E-state index is 0.262. The third-order valence-corrected chi connectivity index (χ3v) is 3.87. The van der Waals surface area contributed by atoms with Crippen LogP contribution in [0.4, 0.5) is 5.82 Å². The number of nitrogens with two attached hydrogens (primary N) is 1. The summed E-state index contributed by atoms with van der Waals surface area (Å²) in [4.78, 5) is 0. The second-order valence-electron chi connectivity index (χ2n) is 5.10. The van der Waals surface area contributed by atoms with Crippen molar-refractivity contribution in [1.82, 2.24) is 9.78 Å². The van der Waals surface area contributed by atoms with E-state index >= 15 is 0 Å². The van der Waals surface area contributed by atoms with Gasteiger partial charge < -0.3 is 5.73 Å². The van der Waals surface area contributed by atoms with Crippen LogP contribution < -0.4 is 5.73 Å². The van der Waals surface area contributed by atoms with Crippen LogP contribution in [-0.2, 0) is 12.5 Å². The van der Waals surface area contributed by atoms with Crippen LogP contribution in [0.5, 0.6) is 0 Å². The van der Waals surface area contributed by atoms with Gasteiger partial charge in [0.25, 0.3) is 0 Å². The lowest BCUT2D eigenvalue weighted by atomic mass is 9.72. The van der Waals surface area contributed by atoms with Crippen LogP contribution in [0.2, 0.25) is 0 Å². The van der Waals surface area contributed by atoms with Crippen LogP contribution >= 0.6 is 0 Å². The molecule has 0 amide bonds. The van der Waals surface area contributed by atoms with E-state index in [0.29, 0.717) is 0 Å². The summed E-state index contributed by atoms with van der Waals surface area (Å²) in [6.45, 7) is 4.43. The molecule has 0 unspecified atom stereocenters. The summed E-state index contributed by atoms with van der Waals surface area (Å²) >= 11 is 0. The van der Waals surface area contributed by atoms with E-state index in [1.54, 1.807) is 0 Å². The summed E-state index contributed by atoms with van der Waals surface area (Å²) in [6, 6.07) is 0. The first-order valence-electron chi connectivity index (χ1n) is 5.84. The SMILES string of the molecule is Cc1c(C2(C)CCCCC2)nn(C)c1N. The van der Waals surface area contributed by atoms with E-state index in [1.165, 1.54) is 43.4 Å². The van der Waals surface area contributed by atoms with Crippen LogP contribution in [0.1, 0.15) is 50.3 Å². The molecule has 1 aliphatic carbocycles. The second-order valence-corrected chi connectivity index (χ2v) is 5.10. The third-order valence-electron chi connectivity index (χ3n) is 3.87. The fraction of sp³-hybridized carbons (Fsp3) is 0.750. The lowest BCUT2D eigenvalue weighted by Crippen LogP contribution is -2.26. The molecule has 1 aromatic heterocycles. The highest BCUT2D eigenvalue weighted by Gasteiger charge is 2.33. The average molecular weight is 207 g/mol. The van der Waals surface area contributed by atoms with Crippen molar-refractivity contribution in [2.24, 2.45) is 7.05 Å². The fourth-order valence-corrected chi connectivity index (χ4v) is 2.79. The minimum Gasteiger partial charge on any atom is -0.384 e. The van der Waals surface area contributed by atoms with E-state index in [1.807, 2.05) is 11.7 Å². The van der Waals surface area contributed by atoms with Crippen LogP contribution in [0.3, 0.4) is 0 Å². The summed E-state index contributed by atoms with van der Waals surface area (Å²) < 4.78 is 1.81. The van der Waals surface area contributed by atoms with Crippen LogP contribution in [0.15, 0.2) is 0 Å². The molecule has 15 heavy (non-hydrogen) atoms. The lowest BCUT2D eigenvalue weighted by Gasteiger charge is -2.32. The topological polar surface area (TPSA) is 43.8 Å². The molecule has 2 rings (SSSR count). The lowest BCUT2D eigenvalue weighted by molar-refractivity contribution is 0.309. The quantitative estimate of drug-likeness (QED) is 0.769. The van der Waals surface area contributed by atoms with Crippen molar-refractivity contribution in [2.45, 2.75) is 51.4 Å². The van der Waals surface area contributed by atoms with Crippen molar-refractivity contribution in [3.63, 3.8) is 0 Å². The number of aryl methyl sites for hydroxylation is 1. The molecule has 3 nitrogen and oxygen atoms in total. The number of hydrogen-bond acceptors (Lipinski definition) is 2. The highest BCUT2D eigenvalue weighted by atomic mass is 15.3. The van der Waals surface area contributed by atoms with Crippen LogP contribution in [-0.4, -0.2) is 9.78 Å². The van der Waals surface area contributed by atoms with Gasteiger partial charge in [0, 0.05) is 18.0 Å². The summed E-state index contributed by atoms with van der Waals surface area (Å²) in [5.74, 6) is 0.816. The maximum absolute atomic E-state index is 5.97. The molecule has 1 aliphatic rings. The number of nitrogens with zero attached hydrogens (tertiary/aromatic N) is 2. The molecule has 2 N–H and O–H groups in total. The Kier molecular flexibility index (Phi) is 2.49. The maximum atomic E-state index is 5.97. The van der Waals surface area contributed by atoms with Crippen molar-refractivity contribution < 1.29 is 0 Å². The number of aromatic nitrogens is 2. The van der Waals surface area contributed by atoms with E-state index in [4.69, 9.17) is 5.73 Å². The van der Waals surface area contributed by atoms with E-state index < -0.39 is 0 Å². The average Bonchev–Trinajstić information content (AvgIpc) is 2.48. The highest BCUT2D eigenvalue weighted by molar-refractivity contribution is 5.45. The molecule has 1 aromatic rings. The Morgan fingerprint density at radius 3 is 2.33 bits per heavy atom. The van der Waals surface area contributed by atoms with Crippen molar-refractivity contribution >= 4 is 5.82 Å². The summed E-state index contributed by atoms with van der Waals surface area (Å²) in [5.41, 5.74) is 8.64. The van der Waals surface area contributed by atoms with Crippen LogP contribution in [0, 0.1) is 6.92 Å². The first-order chi connectivity index (χ1) is 7.04. The Morgan fingerprint density at radius 1 is 1.27 bits per heavy atom. The van der Waals surface area contributed by atoms with Gasteiger partial charge in [-0.2, -0.15) is 5.10 Å². The molecular formula is C12H21N3. The van der Waals surface area contributed by atoms with Gasteiger partial charge in [-0.15, -0.1) is 0 Å². The van der Waals surface area contributed by atoms with Crippen molar-refractivity contribution in [2.75, 3.05) is 5.73 Å². The molecular weight excluding hydrogens is 186 g/mol. The van der Waals surface area contributed by atoms with Crippen molar-refractivity contribution in [3.8, 4) is 0 Å². The van der Waals surface area contributed by atoms with Gasteiger partial charge in [0.05, 0.1) is 5.69 Å². The van der Waals surface area contributed by atoms with E-state index in [2.05, 4.69) is 18.9 Å². The van der Waals surface area contributed by atoms with Gasteiger partial charge in [0.15, 0.2) is 0 Å². The van der Waals surface area contributed by atoms with E-state index in [0.717, 1.165) is 5.82 Å². The molecule has 0 aromatic carbocycles. The molecule has 0 saturated heterocycles. The third kappa shape index (κ3) is 1.64. The monoisotopic (exact) mass is 207 g/mol. The molecule has 0 atom stereocenters. The molecule has 0 radical (unpaired) electrons. The first kappa shape index (κ1) is 10.5. The Balaban J connectivity index is 2.39. The van der Waals surface area contributed by atoms with Gasteiger partial charge in [0.1, 0.15) is 5.82 Å². The zero-order valence-electron chi connectivity index (χ0n) is 10.0. The van der Waals surface area contributed by atoms with E-state index in [-0.39, 0.29) is 5.41 Å². The fourth-order valence-electron chi connectivity index (χ4n) is 2.79. The molecule has 1 saturated carbocycles. The summed E-state index contributed by atoms with van der Waals surface area (Å²) in [6.07, 6.45) is 6.53. The molecule has 0 bridgehead atoms. The summed E-state index contributed by atoms with van der Waals surface area (Å²) in [5, 5.41) is 4.60. The summed E-state index contributed by atoms with van der Waals surface area (Å²) in [7, 11) is 1.93. The van der Waals surface area contributed by atoms with E-state index in [9.17, 15) is 0 Å². The Hall–Kier alpha value is -0.990. The zero-order valence-corrected chi connectivity index (χ0v) is 10.0. The van der Waals surface area contributed by atoms with Crippen molar-refractivity contribution in [1.29, 1.82) is 0 Å². The minimum atomic E-state index is 0.262. The van der Waals surface area contributed by atoms with Crippen molar-refractivity contribution in [3.05, 3.63) is 11.3 Å². The van der Waals surface area contributed by atoms with Gasteiger partial charge in [-0.1, -0.05) is 26.2 Å². The Labute approximate surface area is 91.7 Å². The van der Waals surface area contributed by atoms with Gasteiger partial charge in [-0.25, -0.2) is 0 Å². The van der Waals surface area contributed by atoms with Gasteiger partial charge in [0.2, 0.25) is 0 Å². The standard InChI is InChI=1S/C12H21N3/c1-9-10(14-15(3)11(9)13)12(2)7-5-4-6-8-12/h4-8,13H2,1-3H3. The number of nitrogen functional groups attached to an aromatic ring is 1. The number of hydrogen-bond donors (Lipinski definition) is 1. The normalized spacial score (nSPS) is 20.5. The predicted molar refractivity (Wildman–Crippen MR) is 62.8 cm³/mol. The largest absolute Gasteiger partial charge is 0.384 e. The number of rotatable bonds is 1. The van der Waals surface area contributed by atoms with Gasteiger partial charge in [-0.05, 0) is 19.8 Å². The smallest absolute Gasteiger partial charge is 0.124 e. The number of anilines is 1. The van der Waals surface area contributed by atoms with Crippen LogP contribution in [0.25, 0.3) is 0 Å². The predicted octanol–water partition coefficient (Wildman–Crippen LogP) is 2.53. The zero-order chi connectivity index (χ0) is 11.1. The van der Waals surface area contributed by atoms with Gasteiger partial charge in [-0.3, -0.25) is 4.68 Å². The Bertz CT molecular complexity index is 359. The van der Waals surface area contributed by atoms with Gasteiger partial charge >= 0.3 is 0 Å².